The lowest BCUT2D eigenvalue weighted by atomic mass is 10.3. The molecule has 0 aromatic carbocycles. The first-order valence-electron chi connectivity index (χ1n) is 5.58. The van der Waals surface area contributed by atoms with Gasteiger partial charge in [-0.3, -0.25) is 0 Å². The van der Waals surface area contributed by atoms with Crippen molar-refractivity contribution in [2.75, 3.05) is 23.9 Å². The van der Waals surface area contributed by atoms with Gasteiger partial charge in [0.15, 0.2) is 0 Å². The van der Waals surface area contributed by atoms with Gasteiger partial charge in [-0.1, -0.05) is 6.92 Å². The van der Waals surface area contributed by atoms with Crippen molar-refractivity contribution in [3.8, 4) is 0 Å². The summed E-state index contributed by atoms with van der Waals surface area (Å²) in [5, 5.41) is 4.18. The predicted octanol–water partition coefficient (Wildman–Crippen LogP) is 3.34. The van der Waals surface area contributed by atoms with E-state index >= 15 is 0 Å². The number of thioether (sulfide) groups is 2. The Balaban J connectivity index is 2.34. The second kappa shape index (κ2) is 5.97. The van der Waals surface area contributed by atoms with Crippen LogP contribution in [0.25, 0.3) is 0 Å². The monoisotopic (exact) mass is 381 g/mol. The van der Waals surface area contributed by atoms with Crippen LogP contribution in [0.15, 0.2) is 0 Å². The maximum absolute atomic E-state index is 4.66. The van der Waals surface area contributed by atoms with E-state index in [4.69, 9.17) is 0 Å². The molecular weight excluding hydrogens is 365 g/mol. The molecule has 94 valence electrons. The van der Waals surface area contributed by atoms with Gasteiger partial charge in [0.2, 0.25) is 0 Å². The molecule has 0 spiro atoms. The highest BCUT2D eigenvalue weighted by Gasteiger charge is 2.27. The van der Waals surface area contributed by atoms with Crippen LogP contribution in [0.4, 0.5) is 5.82 Å². The van der Waals surface area contributed by atoms with Crippen LogP contribution in [0.1, 0.15) is 23.7 Å². The van der Waals surface area contributed by atoms with Gasteiger partial charge < -0.3 is 5.32 Å². The van der Waals surface area contributed by atoms with E-state index < -0.39 is 0 Å². The third kappa shape index (κ3) is 3.01. The maximum atomic E-state index is 4.66. The van der Waals surface area contributed by atoms with Crippen LogP contribution in [0, 0.1) is 10.5 Å². The van der Waals surface area contributed by atoms with Gasteiger partial charge in [0.05, 0.1) is 14.5 Å². The van der Waals surface area contributed by atoms with E-state index in [0.717, 1.165) is 20.9 Å². The van der Waals surface area contributed by atoms with E-state index in [1.807, 2.05) is 30.6 Å². The predicted molar refractivity (Wildman–Crippen MR) is 86.2 cm³/mol. The highest BCUT2D eigenvalue weighted by molar-refractivity contribution is 14.1. The molecule has 1 aliphatic rings. The molecule has 17 heavy (non-hydrogen) atoms. The minimum atomic E-state index is 0.427. The number of anilines is 1. The summed E-state index contributed by atoms with van der Waals surface area (Å²) in [5.74, 6) is 4.38. The number of halogens is 1. The van der Waals surface area contributed by atoms with Crippen molar-refractivity contribution in [2.45, 2.75) is 24.3 Å². The number of hydrogen-bond donors (Lipinski definition) is 1. The molecule has 2 rings (SSSR count). The Morgan fingerprint density at radius 3 is 2.65 bits per heavy atom. The third-order valence-electron chi connectivity index (χ3n) is 2.71. The number of hydrogen-bond acceptors (Lipinski definition) is 5. The lowest BCUT2D eigenvalue weighted by Crippen LogP contribution is -2.19. The molecule has 2 atom stereocenters. The van der Waals surface area contributed by atoms with Crippen molar-refractivity contribution in [1.29, 1.82) is 0 Å². The van der Waals surface area contributed by atoms with Crippen LogP contribution in [0.2, 0.25) is 0 Å². The van der Waals surface area contributed by atoms with Crippen LogP contribution in [-0.4, -0.2) is 33.8 Å². The summed E-state index contributed by atoms with van der Waals surface area (Å²) in [6.45, 7) is 4.33. The summed E-state index contributed by atoms with van der Waals surface area (Å²) < 4.78 is 1.12. The zero-order valence-corrected chi connectivity index (χ0v) is 13.9. The number of aryl methyl sites for hydroxylation is 1. The lowest BCUT2D eigenvalue weighted by molar-refractivity contribution is 0.813. The van der Waals surface area contributed by atoms with Crippen molar-refractivity contribution < 1.29 is 0 Å². The fourth-order valence-electron chi connectivity index (χ4n) is 1.79. The fourth-order valence-corrected chi connectivity index (χ4v) is 4.99. The molecule has 1 aromatic heterocycles. The second-order valence-corrected chi connectivity index (χ2v) is 7.76. The fraction of sp³-hybridized carbons (Fsp3) is 0.636. The Bertz CT molecular complexity index is 414. The van der Waals surface area contributed by atoms with Gasteiger partial charge in [0, 0.05) is 23.8 Å². The highest BCUT2D eigenvalue weighted by Crippen LogP contribution is 2.41. The van der Waals surface area contributed by atoms with Crippen molar-refractivity contribution in [1.82, 2.24) is 9.97 Å². The summed E-state index contributed by atoms with van der Waals surface area (Å²) >= 11 is 6.30. The molecule has 0 amide bonds. The zero-order valence-electron chi connectivity index (χ0n) is 10.2. The Hall–Kier alpha value is 0.310. The molecule has 0 radical (unpaired) electrons. The van der Waals surface area contributed by atoms with Crippen LogP contribution >= 0.6 is 46.1 Å². The smallest absolute Gasteiger partial charge is 0.145 e. The molecular formula is C11H16IN3S2. The SMILES string of the molecule is CNc1nc(C2SCCSC2C)nc(C)c1I. The van der Waals surface area contributed by atoms with Gasteiger partial charge in [0.1, 0.15) is 11.6 Å². The highest BCUT2D eigenvalue weighted by atomic mass is 127. The quantitative estimate of drug-likeness (QED) is 0.796. The average molecular weight is 381 g/mol. The normalized spacial score (nSPS) is 24.7. The summed E-state index contributed by atoms with van der Waals surface area (Å²) in [6, 6.07) is 0. The van der Waals surface area contributed by atoms with E-state index in [1.165, 1.54) is 11.5 Å². The Morgan fingerprint density at radius 2 is 2.00 bits per heavy atom. The first-order valence-corrected chi connectivity index (χ1v) is 8.76. The molecule has 1 aliphatic heterocycles. The van der Waals surface area contributed by atoms with E-state index in [1.54, 1.807) is 0 Å². The Kier molecular flexibility index (Phi) is 4.82. The molecule has 6 heteroatoms. The van der Waals surface area contributed by atoms with Gasteiger partial charge in [-0.15, -0.1) is 11.8 Å². The molecule has 1 N–H and O–H groups in total. The molecule has 1 fully saturated rings. The second-order valence-electron chi connectivity index (χ2n) is 3.95. The first-order chi connectivity index (χ1) is 8.13. The summed E-state index contributed by atoms with van der Waals surface area (Å²) in [5.41, 5.74) is 1.07. The summed E-state index contributed by atoms with van der Waals surface area (Å²) in [7, 11) is 1.92. The number of nitrogens with zero attached hydrogens (tertiary/aromatic N) is 2. The van der Waals surface area contributed by atoms with Crippen molar-refractivity contribution in [2.24, 2.45) is 0 Å². The molecule has 3 nitrogen and oxygen atoms in total. The molecule has 0 bridgehead atoms. The lowest BCUT2D eigenvalue weighted by Gasteiger charge is -2.27. The van der Waals surface area contributed by atoms with Gasteiger partial charge in [-0.2, -0.15) is 11.8 Å². The van der Waals surface area contributed by atoms with Crippen molar-refractivity contribution in [3.05, 3.63) is 15.1 Å². The molecule has 2 heterocycles. The van der Waals surface area contributed by atoms with Gasteiger partial charge >= 0.3 is 0 Å². The molecule has 1 aromatic rings. The minimum absolute atomic E-state index is 0.427. The van der Waals surface area contributed by atoms with E-state index in [0.29, 0.717) is 10.5 Å². The van der Waals surface area contributed by atoms with E-state index in [9.17, 15) is 0 Å². The largest absolute Gasteiger partial charge is 0.372 e. The van der Waals surface area contributed by atoms with Gasteiger partial charge in [-0.05, 0) is 29.5 Å². The number of nitrogens with one attached hydrogen (secondary N) is 1. The van der Waals surface area contributed by atoms with E-state index in [-0.39, 0.29) is 0 Å². The van der Waals surface area contributed by atoms with Gasteiger partial charge in [-0.25, -0.2) is 9.97 Å². The maximum Gasteiger partial charge on any atom is 0.145 e. The Morgan fingerprint density at radius 1 is 1.29 bits per heavy atom. The van der Waals surface area contributed by atoms with Crippen LogP contribution in [0.3, 0.4) is 0 Å². The standard InChI is InChI=1S/C11H16IN3S2/c1-6-8(12)10(13-3)15-11(14-6)9-7(2)16-4-5-17-9/h7,9H,4-5H2,1-3H3,(H,13,14,15). The van der Waals surface area contributed by atoms with Crippen LogP contribution in [0.5, 0.6) is 0 Å². The van der Waals surface area contributed by atoms with Crippen LogP contribution in [-0.2, 0) is 0 Å². The van der Waals surface area contributed by atoms with Crippen molar-refractivity contribution in [3.63, 3.8) is 0 Å². The van der Waals surface area contributed by atoms with Gasteiger partial charge in [0.25, 0.3) is 0 Å². The van der Waals surface area contributed by atoms with E-state index in [2.05, 4.69) is 51.7 Å². The third-order valence-corrected chi connectivity index (χ3v) is 7.09. The topological polar surface area (TPSA) is 37.8 Å². The summed E-state index contributed by atoms with van der Waals surface area (Å²) in [6.07, 6.45) is 0. The average Bonchev–Trinajstić information content (AvgIpc) is 2.33. The number of aromatic nitrogens is 2. The molecule has 0 aliphatic carbocycles. The van der Waals surface area contributed by atoms with Crippen LogP contribution < -0.4 is 5.32 Å². The number of rotatable bonds is 2. The summed E-state index contributed by atoms with van der Waals surface area (Å²) in [4.78, 5) is 9.32. The minimum Gasteiger partial charge on any atom is -0.372 e. The molecule has 2 unspecified atom stereocenters. The molecule has 0 saturated carbocycles. The molecule has 1 saturated heterocycles. The Labute approximate surface area is 124 Å². The zero-order chi connectivity index (χ0) is 12.4. The first kappa shape index (κ1) is 13.7. The van der Waals surface area contributed by atoms with Crippen molar-refractivity contribution >= 4 is 51.9 Å².